The molecule has 4 aliphatic heterocycles. The predicted octanol–water partition coefficient (Wildman–Crippen LogP) is 3.24. The normalized spacial score (nSPS) is 21.9. The first-order valence-electron chi connectivity index (χ1n) is 15.9. The number of imide groups is 1. The van der Waals surface area contributed by atoms with Crippen LogP contribution in [-0.2, 0) is 27.8 Å². The summed E-state index contributed by atoms with van der Waals surface area (Å²) in [7, 11) is 1.75. The van der Waals surface area contributed by atoms with E-state index in [9.17, 15) is 19.2 Å². The summed E-state index contributed by atoms with van der Waals surface area (Å²) in [6.07, 6.45) is 9.47. The minimum atomic E-state index is -0.668. The lowest BCUT2D eigenvalue weighted by atomic mass is 9.88. The highest BCUT2D eigenvalue weighted by Gasteiger charge is 2.32. The molecular weight excluding hydrogens is 560 g/mol. The topological polar surface area (TPSA) is 111 Å². The number of hydrogen-bond donors (Lipinski definition) is 1. The molecule has 11 heteroatoms. The standard InChI is InChI=1S/C33H40N6O5/c1-35-29-19-24(4-7-27(29)39(32(35)42)28-8-9-30(40)34-31(28)41)23-12-15-36(16-13-23)20-22-10-17-37(18-11-22)33(43)44-21-26-6-5-25-3-2-14-38(25)26/h2-4,6-7,14,19,22-23,28H,5,8-13,15-18,20-21H2,1H3,(H,34,40,41). The van der Waals surface area contributed by atoms with Gasteiger partial charge in [0.25, 0.3) is 0 Å². The molecule has 0 aliphatic carbocycles. The Balaban J connectivity index is 0.897. The number of rotatable bonds is 6. The first kappa shape index (κ1) is 28.6. The molecular formula is C33H40N6O5. The van der Waals surface area contributed by atoms with Crippen LogP contribution >= 0.6 is 0 Å². The van der Waals surface area contributed by atoms with E-state index in [0.717, 1.165) is 81.6 Å². The Bertz CT molecular complexity index is 1680. The molecule has 4 aliphatic rings. The predicted molar refractivity (Wildman–Crippen MR) is 165 cm³/mol. The lowest BCUT2D eigenvalue weighted by Gasteiger charge is -2.37. The lowest BCUT2D eigenvalue weighted by Crippen LogP contribution is -2.44. The molecule has 3 amide bonds. The number of allylic oxidation sites excluding steroid dienone is 1. The minimum absolute atomic E-state index is 0.215. The number of nitrogens with zero attached hydrogens (tertiary/aromatic N) is 5. The zero-order valence-electron chi connectivity index (χ0n) is 25.2. The second kappa shape index (κ2) is 11.8. The summed E-state index contributed by atoms with van der Waals surface area (Å²) < 4.78 is 10.9. The van der Waals surface area contributed by atoms with Gasteiger partial charge in [-0.1, -0.05) is 12.1 Å². The van der Waals surface area contributed by atoms with Crippen LogP contribution in [0.2, 0.25) is 0 Å². The van der Waals surface area contributed by atoms with E-state index in [1.165, 1.54) is 11.3 Å². The molecule has 1 unspecified atom stereocenters. The molecule has 0 radical (unpaired) electrons. The molecule has 3 aromatic rings. The van der Waals surface area contributed by atoms with Gasteiger partial charge in [-0.2, -0.15) is 0 Å². The van der Waals surface area contributed by atoms with Crippen LogP contribution in [0.25, 0.3) is 16.7 Å². The molecule has 3 saturated heterocycles. The Morgan fingerprint density at radius 3 is 2.55 bits per heavy atom. The van der Waals surface area contributed by atoms with Crippen LogP contribution in [-0.4, -0.2) is 80.7 Å². The fourth-order valence-electron chi connectivity index (χ4n) is 7.52. The first-order valence-corrected chi connectivity index (χ1v) is 15.9. The molecule has 1 aromatic carbocycles. The van der Waals surface area contributed by atoms with E-state index in [-0.39, 0.29) is 24.1 Å². The number of hydrogen-bond acceptors (Lipinski definition) is 6. The maximum Gasteiger partial charge on any atom is 0.410 e. The fourth-order valence-corrected chi connectivity index (χ4v) is 7.52. The van der Waals surface area contributed by atoms with Gasteiger partial charge in [0.1, 0.15) is 12.6 Å². The summed E-state index contributed by atoms with van der Waals surface area (Å²) >= 11 is 0. The number of aryl methyl sites for hydroxylation is 1. The zero-order valence-corrected chi connectivity index (χ0v) is 25.2. The number of aromatic nitrogens is 3. The number of imidazole rings is 1. The van der Waals surface area contributed by atoms with Crippen molar-refractivity contribution in [3.05, 3.63) is 64.3 Å². The summed E-state index contributed by atoms with van der Waals surface area (Å²) in [5, 5.41) is 2.37. The second-order valence-corrected chi connectivity index (χ2v) is 12.8. The average molecular weight is 601 g/mol. The number of carbonyl (C=O) groups excluding carboxylic acids is 3. The van der Waals surface area contributed by atoms with Crippen LogP contribution in [0, 0.1) is 5.92 Å². The van der Waals surface area contributed by atoms with E-state index in [0.29, 0.717) is 24.9 Å². The minimum Gasteiger partial charge on any atom is -0.443 e. The largest absolute Gasteiger partial charge is 0.443 e. The highest BCUT2D eigenvalue weighted by atomic mass is 16.6. The van der Waals surface area contributed by atoms with Crippen molar-refractivity contribution in [2.75, 3.05) is 39.3 Å². The molecule has 1 atom stereocenters. The molecule has 0 bridgehead atoms. The third-order valence-electron chi connectivity index (χ3n) is 10.1. The van der Waals surface area contributed by atoms with Crippen molar-refractivity contribution in [1.29, 1.82) is 0 Å². The number of benzene rings is 1. The Morgan fingerprint density at radius 2 is 1.77 bits per heavy atom. The monoisotopic (exact) mass is 600 g/mol. The molecule has 44 heavy (non-hydrogen) atoms. The molecule has 232 valence electrons. The summed E-state index contributed by atoms with van der Waals surface area (Å²) in [5.41, 5.74) is 4.80. The van der Waals surface area contributed by atoms with Crippen LogP contribution in [0.5, 0.6) is 0 Å². The molecule has 6 heterocycles. The van der Waals surface area contributed by atoms with Crippen LogP contribution in [0.3, 0.4) is 0 Å². The van der Waals surface area contributed by atoms with Gasteiger partial charge < -0.3 is 19.1 Å². The number of piperidine rings is 3. The third kappa shape index (κ3) is 5.38. The van der Waals surface area contributed by atoms with Crippen molar-refractivity contribution in [2.24, 2.45) is 13.0 Å². The number of fused-ring (bicyclic) bond motifs is 2. The summed E-state index contributed by atoms with van der Waals surface area (Å²) in [6.45, 7) is 4.90. The van der Waals surface area contributed by atoms with Crippen molar-refractivity contribution >= 4 is 34.6 Å². The van der Waals surface area contributed by atoms with Gasteiger partial charge in [-0.25, -0.2) is 9.59 Å². The average Bonchev–Trinajstić information content (AvgIpc) is 3.72. The number of likely N-dealkylation sites (tertiary alicyclic amines) is 2. The summed E-state index contributed by atoms with van der Waals surface area (Å²) in [4.78, 5) is 54.4. The van der Waals surface area contributed by atoms with Gasteiger partial charge >= 0.3 is 11.8 Å². The Kier molecular flexibility index (Phi) is 7.65. The molecule has 0 saturated carbocycles. The highest BCUT2D eigenvalue weighted by molar-refractivity contribution is 6.00. The van der Waals surface area contributed by atoms with Gasteiger partial charge in [-0.05, 0) is 86.9 Å². The van der Waals surface area contributed by atoms with Gasteiger partial charge in [-0.3, -0.25) is 24.0 Å². The van der Waals surface area contributed by atoms with Crippen molar-refractivity contribution < 1.29 is 19.1 Å². The summed E-state index contributed by atoms with van der Waals surface area (Å²) in [5.74, 6) is 0.294. The number of amides is 3. The molecule has 11 nitrogen and oxygen atoms in total. The Hall–Kier alpha value is -4.12. The maximum absolute atomic E-state index is 13.1. The van der Waals surface area contributed by atoms with E-state index < -0.39 is 11.9 Å². The van der Waals surface area contributed by atoms with Gasteiger partial charge in [0.2, 0.25) is 11.8 Å². The van der Waals surface area contributed by atoms with Crippen molar-refractivity contribution in [2.45, 2.75) is 56.9 Å². The molecule has 7 rings (SSSR count). The van der Waals surface area contributed by atoms with Crippen molar-refractivity contribution in [1.82, 2.24) is 28.8 Å². The molecule has 0 spiro atoms. The van der Waals surface area contributed by atoms with Gasteiger partial charge in [0, 0.05) is 51.4 Å². The van der Waals surface area contributed by atoms with Gasteiger partial charge in [0.15, 0.2) is 0 Å². The number of ether oxygens (including phenoxy) is 1. The van der Waals surface area contributed by atoms with E-state index in [4.69, 9.17) is 4.74 Å². The van der Waals surface area contributed by atoms with Crippen molar-refractivity contribution in [3.63, 3.8) is 0 Å². The Labute approximate surface area is 256 Å². The van der Waals surface area contributed by atoms with E-state index in [2.05, 4.69) is 39.1 Å². The second-order valence-electron chi connectivity index (χ2n) is 12.8. The van der Waals surface area contributed by atoms with Crippen molar-refractivity contribution in [3.8, 4) is 0 Å². The van der Waals surface area contributed by atoms with Gasteiger partial charge in [-0.15, -0.1) is 0 Å². The SMILES string of the molecule is Cn1c(=O)n(C2CCC(=O)NC2=O)c2ccc(C3CCN(CC4CCN(C(=O)OCC5=CCc6cccn65)CC4)CC3)cc21. The Morgan fingerprint density at radius 1 is 0.977 bits per heavy atom. The smallest absolute Gasteiger partial charge is 0.410 e. The summed E-state index contributed by atoms with van der Waals surface area (Å²) in [6, 6.07) is 9.61. The van der Waals surface area contributed by atoms with Crippen LogP contribution in [0.15, 0.2) is 47.4 Å². The fraction of sp³-hybridized carbons (Fsp3) is 0.515. The van der Waals surface area contributed by atoms with Crippen LogP contribution in [0.1, 0.15) is 61.7 Å². The zero-order chi connectivity index (χ0) is 30.4. The maximum atomic E-state index is 13.1. The number of carbonyl (C=O) groups is 3. The quantitative estimate of drug-likeness (QED) is 0.435. The van der Waals surface area contributed by atoms with Gasteiger partial charge in [0.05, 0.1) is 16.7 Å². The van der Waals surface area contributed by atoms with E-state index >= 15 is 0 Å². The van der Waals surface area contributed by atoms with Crippen LogP contribution < -0.4 is 11.0 Å². The first-order chi connectivity index (χ1) is 21.4. The van der Waals surface area contributed by atoms with Crippen LogP contribution in [0.4, 0.5) is 4.79 Å². The molecule has 1 N–H and O–H groups in total. The molecule has 2 aromatic heterocycles. The number of nitrogens with one attached hydrogen (secondary N) is 1. The molecule has 3 fully saturated rings. The van der Waals surface area contributed by atoms with E-state index in [1.807, 2.05) is 23.2 Å². The highest BCUT2D eigenvalue weighted by Crippen LogP contribution is 2.32. The lowest BCUT2D eigenvalue weighted by molar-refractivity contribution is -0.135. The third-order valence-corrected chi connectivity index (χ3v) is 10.1. The van der Waals surface area contributed by atoms with E-state index in [1.54, 1.807) is 16.2 Å².